The number of hydrogen-bond donors (Lipinski definition) is 1. The van der Waals surface area contributed by atoms with Gasteiger partial charge in [-0.1, -0.05) is 19.4 Å². The Morgan fingerprint density at radius 1 is 1.15 bits per heavy atom. The van der Waals surface area contributed by atoms with E-state index in [4.69, 9.17) is 9.47 Å². The smallest absolute Gasteiger partial charge is 0.308 e. The molecule has 10 nitrogen and oxygen atoms in total. The number of aryl methyl sites for hydroxylation is 1. The minimum atomic E-state index is -0.839. The van der Waals surface area contributed by atoms with Crippen LogP contribution in [0.15, 0.2) is 36.9 Å². The molecule has 0 saturated carbocycles. The highest BCUT2D eigenvalue weighted by molar-refractivity contribution is 5.79. The highest BCUT2D eigenvalue weighted by atomic mass is 16.7. The van der Waals surface area contributed by atoms with Crippen LogP contribution in [-0.4, -0.2) is 108 Å². The van der Waals surface area contributed by atoms with Crippen LogP contribution in [-0.2, 0) is 16.1 Å². The van der Waals surface area contributed by atoms with E-state index in [9.17, 15) is 14.7 Å². The number of nitrogens with zero attached hydrogens (tertiary/aromatic N) is 5. The molecule has 2 aliphatic heterocycles. The standard InChI is InChI=1S/C29H43N5O5/c1-5-6-12-32(13-7-16-34(2,3)4)27(35)19-33-18-23(22-8-9-25-26(17-22)39-21-38-25)28(29(36)37)24(33)10-14-31-15-11-30-20-31/h8-9,11,15,17,20,23-24,28H,5-7,10,12-14,16,18-19,21H2,1-4H3/p+1. The Balaban J connectivity index is 1.55. The van der Waals surface area contributed by atoms with Crippen LogP contribution in [0.1, 0.15) is 44.1 Å². The second-order valence-corrected chi connectivity index (χ2v) is 11.8. The molecule has 0 aliphatic carbocycles. The van der Waals surface area contributed by atoms with Crippen molar-refractivity contribution in [1.82, 2.24) is 19.4 Å². The lowest BCUT2D eigenvalue weighted by Crippen LogP contribution is -2.45. The minimum absolute atomic E-state index is 0.0768. The van der Waals surface area contributed by atoms with Gasteiger partial charge in [0.1, 0.15) is 0 Å². The van der Waals surface area contributed by atoms with Gasteiger partial charge in [0.25, 0.3) is 0 Å². The molecule has 1 aromatic carbocycles. The third kappa shape index (κ3) is 7.51. The second kappa shape index (κ2) is 12.8. The maximum Gasteiger partial charge on any atom is 0.308 e. The average Bonchev–Trinajstić information content (AvgIpc) is 3.63. The number of unbranched alkanes of at least 4 members (excludes halogenated alkanes) is 1. The van der Waals surface area contributed by atoms with Crippen LogP contribution >= 0.6 is 0 Å². The van der Waals surface area contributed by atoms with E-state index in [-0.39, 0.29) is 31.2 Å². The molecule has 0 bridgehead atoms. The molecule has 1 saturated heterocycles. The van der Waals surface area contributed by atoms with Crippen LogP contribution in [0.2, 0.25) is 0 Å². The largest absolute Gasteiger partial charge is 0.481 e. The first-order valence-electron chi connectivity index (χ1n) is 14.1. The molecule has 39 heavy (non-hydrogen) atoms. The van der Waals surface area contributed by atoms with Crippen molar-refractivity contribution < 1.29 is 28.7 Å². The summed E-state index contributed by atoms with van der Waals surface area (Å²) < 4.78 is 13.9. The van der Waals surface area contributed by atoms with Gasteiger partial charge in [0, 0.05) is 57.0 Å². The van der Waals surface area contributed by atoms with Gasteiger partial charge in [-0.3, -0.25) is 14.5 Å². The van der Waals surface area contributed by atoms with Crippen molar-refractivity contribution >= 4 is 11.9 Å². The van der Waals surface area contributed by atoms with Gasteiger partial charge in [0.15, 0.2) is 11.5 Å². The summed E-state index contributed by atoms with van der Waals surface area (Å²) in [7, 11) is 6.49. The maximum atomic E-state index is 13.7. The molecule has 4 rings (SSSR count). The van der Waals surface area contributed by atoms with Crippen molar-refractivity contribution in [3.8, 4) is 11.5 Å². The molecular weight excluding hydrogens is 498 g/mol. The van der Waals surface area contributed by atoms with Crippen LogP contribution < -0.4 is 9.47 Å². The Morgan fingerprint density at radius 3 is 2.62 bits per heavy atom. The lowest BCUT2D eigenvalue weighted by molar-refractivity contribution is -0.870. The number of carboxylic acids is 1. The summed E-state index contributed by atoms with van der Waals surface area (Å²) in [5.74, 6) is -0.359. The van der Waals surface area contributed by atoms with E-state index in [0.29, 0.717) is 31.0 Å². The van der Waals surface area contributed by atoms with Crippen LogP contribution in [0, 0.1) is 5.92 Å². The van der Waals surface area contributed by atoms with E-state index in [1.54, 1.807) is 12.5 Å². The third-order valence-corrected chi connectivity index (χ3v) is 7.83. The molecule has 10 heteroatoms. The maximum absolute atomic E-state index is 13.7. The van der Waals surface area contributed by atoms with Gasteiger partial charge in [0.2, 0.25) is 12.7 Å². The topological polar surface area (TPSA) is 97.1 Å². The Hall–Kier alpha value is -3.11. The van der Waals surface area contributed by atoms with Crippen LogP contribution in [0.4, 0.5) is 0 Å². The number of hydrogen-bond acceptors (Lipinski definition) is 6. The number of amides is 1. The van der Waals surface area contributed by atoms with Gasteiger partial charge in [-0.25, -0.2) is 4.98 Å². The zero-order chi connectivity index (χ0) is 28.0. The first kappa shape index (κ1) is 28.9. The first-order chi connectivity index (χ1) is 18.7. The molecule has 0 radical (unpaired) electrons. The van der Waals surface area contributed by atoms with Crippen LogP contribution in [0.5, 0.6) is 11.5 Å². The molecule has 1 aromatic heterocycles. The molecular formula is C29H44N5O5+. The Morgan fingerprint density at radius 2 is 1.92 bits per heavy atom. The van der Waals surface area contributed by atoms with Crippen molar-refractivity contribution in [1.29, 1.82) is 0 Å². The number of carbonyl (C=O) groups is 2. The number of likely N-dealkylation sites (tertiary alicyclic amines) is 1. The summed E-state index contributed by atoms with van der Waals surface area (Å²) in [5, 5.41) is 10.4. The number of ether oxygens (including phenoxy) is 2. The van der Waals surface area contributed by atoms with Crippen LogP contribution in [0.25, 0.3) is 0 Å². The lowest BCUT2D eigenvalue weighted by Gasteiger charge is -2.31. The number of carbonyl (C=O) groups excluding carboxylic acids is 1. The van der Waals surface area contributed by atoms with E-state index in [1.165, 1.54) is 0 Å². The fraction of sp³-hybridized carbons (Fsp3) is 0.621. The Kier molecular flexibility index (Phi) is 9.50. The molecule has 3 unspecified atom stereocenters. The summed E-state index contributed by atoms with van der Waals surface area (Å²) in [5.41, 5.74) is 0.903. The summed E-state index contributed by atoms with van der Waals surface area (Å²) in [4.78, 5) is 34.6. The molecule has 2 aliphatic rings. The highest BCUT2D eigenvalue weighted by Crippen LogP contribution is 2.42. The van der Waals surface area contributed by atoms with Crippen molar-refractivity contribution in [2.24, 2.45) is 5.92 Å². The van der Waals surface area contributed by atoms with Crippen molar-refractivity contribution in [3.05, 3.63) is 42.5 Å². The SMILES string of the molecule is CCCCN(CCC[N+](C)(C)C)C(=O)CN1CC(c2ccc3c(c2)OCO3)C(C(=O)O)C1CCn1ccnc1. The zero-order valence-electron chi connectivity index (χ0n) is 23.8. The number of fused-ring (bicyclic) bond motifs is 1. The predicted molar refractivity (Wildman–Crippen MR) is 148 cm³/mol. The molecule has 1 N–H and O–H groups in total. The molecule has 0 spiro atoms. The average molecular weight is 543 g/mol. The number of benzene rings is 1. The number of carboxylic acid groups (broad SMARTS) is 1. The summed E-state index contributed by atoms with van der Waals surface area (Å²) >= 11 is 0. The molecule has 214 valence electrons. The highest BCUT2D eigenvalue weighted by Gasteiger charge is 2.47. The zero-order valence-corrected chi connectivity index (χ0v) is 23.8. The second-order valence-electron chi connectivity index (χ2n) is 11.8. The van der Waals surface area contributed by atoms with Crippen molar-refractivity contribution in [2.45, 2.75) is 51.1 Å². The predicted octanol–water partition coefficient (Wildman–Crippen LogP) is 2.90. The number of aromatic nitrogens is 2. The molecule has 3 atom stereocenters. The molecule has 2 aromatic rings. The van der Waals surface area contributed by atoms with E-state index >= 15 is 0 Å². The summed E-state index contributed by atoms with van der Waals surface area (Å²) in [6.07, 6.45) is 8.87. The lowest BCUT2D eigenvalue weighted by atomic mass is 9.84. The van der Waals surface area contributed by atoms with Gasteiger partial charge in [-0.05, 0) is 30.5 Å². The molecule has 1 amide bonds. The van der Waals surface area contributed by atoms with Gasteiger partial charge >= 0.3 is 5.97 Å². The Bertz CT molecular complexity index is 1100. The van der Waals surface area contributed by atoms with Crippen molar-refractivity contribution in [3.63, 3.8) is 0 Å². The van der Waals surface area contributed by atoms with Gasteiger partial charge in [-0.2, -0.15) is 0 Å². The summed E-state index contributed by atoms with van der Waals surface area (Å²) in [6.45, 7) is 6.08. The van der Waals surface area contributed by atoms with Crippen molar-refractivity contribution in [2.75, 3.05) is 60.7 Å². The summed E-state index contributed by atoms with van der Waals surface area (Å²) in [6, 6.07) is 5.40. The normalized spacial score (nSPS) is 20.9. The minimum Gasteiger partial charge on any atom is -0.481 e. The fourth-order valence-electron chi connectivity index (χ4n) is 5.75. The van der Waals surface area contributed by atoms with E-state index < -0.39 is 11.9 Å². The number of aliphatic carboxylic acids is 1. The number of rotatable bonds is 14. The fourth-order valence-corrected chi connectivity index (χ4v) is 5.75. The third-order valence-electron chi connectivity index (χ3n) is 7.83. The van der Waals surface area contributed by atoms with E-state index in [1.807, 2.05) is 33.9 Å². The van der Waals surface area contributed by atoms with Gasteiger partial charge in [-0.15, -0.1) is 0 Å². The monoisotopic (exact) mass is 542 g/mol. The number of imidazole rings is 1. The van der Waals surface area contributed by atoms with Gasteiger partial charge in [0.05, 0.1) is 46.5 Å². The van der Waals surface area contributed by atoms with E-state index in [2.05, 4.69) is 38.0 Å². The molecule has 1 fully saturated rings. The first-order valence-corrected chi connectivity index (χ1v) is 14.1. The number of quaternary nitrogens is 1. The van der Waals surface area contributed by atoms with E-state index in [0.717, 1.165) is 48.9 Å². The molecule has 3 heterocycles. The van der Waals surface area contributed by atoms with Gasteiger partial charge < -0.3 is 28.5 Å². The van der Waals surface area contributed by atoms with Crippen LogP contribution in [0.3, 0.4) is 0 Å². The quantitative estimate of drug-likeness (QED) is 0.367. The Labute approximate surface area is 231 Å².